The molecule has 0 unspecified atom stereocenters. The van der Waals surface area contributed by atoms with Gasteiger partial charge in [0.05, 0.1) is 13.2 Å². The Morgan fingerprint density at radius 2 is 1.72 bits per heavy atom. The molecule has 0 bridgehead atoms. The maximum absolute atomic E-state index is 6.17. The molecule has 5 nitrogen and oxygen atoms in total. The molecule has 5 rings (SSSR count). The summed E-state index contributed by atoms with van der Waals surface area (Å²) in [4.78, 5) is 7.06. The van der Waals surface area contributed by atoms with Crippen molar-refractivity contribution >= 4 is 22.5 Å². The van der Waals surface area contributed by atoms with Gasteiger partial charge < -0.3 is 19.8 Å². The highest BCUT2D eigenvalue weighted by Crippen LogP contribution is 2.31. The summed E-state index contributed by atoms with van der Waals surface area (Å²) >= 11 is 0. The molecule has 0 atom stereocenters. The van der Waals surface area contributed by atoms with Gasteiger partial charge in [-0.2, -0.15) is 0 Å². The number of ether oxygens (including phenoxy) is 1. The molecule has 1 fully saturated rings. The van der Waals surface area contributed by atoms with Crippen LogP contribution in [0.15, 0.2) is 71.1 Å². The fourth-order valence-corrected chi connectivity index (χ4v) is 3.83. The average Bonchev–Trinajstić information content (AvgIpc) is 3.17. The fourth-order valence-electron chi connectivity index (χ4n) is 3.83. The summed E-state index contributed by atoms with van der Waals surface area (Å²) < 4.78 is 11.6. The first-order valence-electron chi connectivity index (χ1n) is 9.92. The SMILES string of the molecule is Nc1cccc(-c2cccc3nc(Cc4ccc(N5CCOCC5)cc4)oc23)c1. The van der Waals surface area contributed by atoms with Gasteiger partial charge in [-0.1, -0.05) is 36.4 Å². The number of para-hydroxylation sites is 1. The topological polar surface area (TPSA) is 64.5 Å². The standard InChI is InChI=1S/C24H23N3O2/c25-19-4-1-3-18(16-19)21-5-2-6-22-24(21)29-23(26-22)15-17-7-9-20(10-8-17)27-11-13-28-14-12-27/h1-10,16H,11-15,25H2. The molecule has 29 heavy (non-hydrogen) atoms. The van der Waals surface area contributed by atoms with Crippen LogP contribution in [0.5, 0.6) is 0 Å². The molecule has 0 radical (unpaired) electrons. The van der Waals surface area contributed by atoms with Gasteiger partial charge in [-0.05, 0) is 41.5 Å². The highest BCUT2D eigenvalue weighted by molar-refractivity contribution is 5.90. The summed E-state index contributed by atoms with van der Waals surface area (Å²) in [6.45, 7) is 3.47. The Labute approximate surface area is 169 Å². The van der Waals surface area contributed by atoms with Crippen LogP contribution in [0.2, 0.25) is 0 Å². The van der Waals surface area contributed by atoms with Crippen LogP contribution < -0.4 is 10.6 Å². The molecule has 3 aromatic carbocycles. The average molecular weight is 385 g/mol. The Kier molecular flexibility index (Phi) is 4.66. The van der Waals surface area contributed by atoms with Gasteiger partial charge in [0, 0.05) is 36.4 Å². The van der Waals surface area contributed by atoms with Crippen molar-refractivity contribution < 1.29 is 9.15 Å². The number of anilines is 2. The largest absolute Gasteiger partial charge is 0.440 e. The van der Waals surface area contributed by atoms with E-state index in [1.54, 1.807) is 0 Å². The minimum absolute atomic E-state index is 0.661. The molecular formula is C24H23N3O2. The lowest BCUT2D eigenvalue weighted by Gasteiger charge is -2.28. The number of rotatable bonds is 4. The summed E-state index contributed by atoms with van der Waals surface area (Å²) in [7, 11) is 0. The van der Waals surface area contributed by atoms with Crippen molar-refractivity contribution in [2.45, 2.75) is 6.42 Å². The van der Waals surface area contributed by atoms with Crippen LogP contribution in [0.4, 0.5) is 11.4 Å². The van der Waals surface area contributed by atoms with E-state index in [-0.39, 0.29) is 0 Å². The normalized spacial score (nSPS) is 14.4. The number of hydrogen-bond acceptors (Lipinski definition) is 5. The van der Waals surface area contributed by atoms with E-state index in [0.29, 0.717) is 6.42 Å². The molecule has 0 amide bonds. The molecule has 2 N–H and O–H groups in total. The molecule has 0 spiro atoms. The molecule has 146 valence electrons. The molecule has 0 aliphatic carbocycles. The van der Waals surface area contributed by atoms with Crippen molar-refractivity contribution in [3.05, 3.63) is 78.2 Å². The Balaban J connectivity index is 1.40. The maximum Gasteiger partial charge on any atom is 0.199 e. The van der Waals surface area contributed by atoms with E-state index in [1.165, 1.54) is 11.3 Å². The first kappa shape index (κ1) is 17.8. The number of nitrogen functional groups attached to an aromatic ring is 1. The highest BCUT2D eigenvalue weighted by atomic mass is 16.5. The van der Waals surface area contributed by atoms with Crippen molar-refractivity contribution in [2.24, 2.45) is 0 Å². The molecule has 1 aliphatic rings. The molecule has 1 aliphatic heterocycles. The first-order chi connectivity index (χ1) is 14.3. The van der Waals surface area contributed by atoms with Crippen molar-refractivity contribution in [3.8, 4) is 11.1 Å². The number of nitrogens with zero attached hydrogens (tertiary/aromatic N) is 2. The van der Waals surface area contributed by atoms with Crippen LogP contribution in [0.3, 0.4) is 0 Å². The lowest BCUT2D eigenvalue weighted by atomic mass is 10.0. The molecule has 1 aromatic heterocycles. The summed E-state index contributed by atoms with van der Waals surface area (Å²) in [5, 5.41) is 0. The number of aromatic nitrogens is 1. The molecule has 4 aromatic rings. The third-order valence-corrected chi connectivity index (χ3v) is 5.32. The van der Waals surface area contributed by atoms with E-state index in [1.807, 2.05) is 42.5 Å². The number of nitrogens with two attached hydrogens (primary N) is 1. The zero-order valence-electron chi connectivity index (χ0n) is 16.2. The van der Waals surface area contributed by atoms with Crippen LogP contribution in [0, 0.1) is 0 Å². The monoisotopic (exact) mass is 385 g/mol. The minimum atomic E-state index is 0.661. The Morgan fingerprint density at radius 3 is 2.52 bits per heavy atom. The third-order valence-electron chi connectivity index (χ3n) is 5.32. The number of morpholine rings is 1. The molecular weight excluding hydrogens is 362 g/mol. The van der Waals surface area contributed by atoms with Gasteiger partial charge in [0.15, 0.2) is 11.5 Å². The van der Waals surface area contributed by atoms with E-state index in [0.717, 1.165) is 60.1 Å². The second kappa shape index (κ2) is 7.60. The van der Waals surface area contributed by atoms with Crippen LogP contribution >= 0.6 is 0 Å². The Bertz CT molecular complexity index is 1130. The maximum atomic E-state index is 6.17. The van der Waals surface area contributed by atoms with E-state index in [4.69, 9.17) is 19.9 Å². The van der Waals surface area contributed by atoms with Gasteiger partial charge in [0.1, 0.15) is 5.52 Å². The second-order valence-electron chi connectivity index (χ2n) is 7.33. The van der Waals surface area contributed by atoms with Crippen LogP contribution in [0.25, 0.3) is 22.2 Å². The number of fused-ring (bicyclic) bond motifs is 1. The van der Waals surface area contributed by atoms with Gasteiger partial charge in [-0.3, -0.25) is 0 Å². The van der Waals surface area contributed by atoms with E-state index in [2.05, 4.69) is 29.2 Å². The number of hydrogen-bond donors (Lipinski definition) is 1. The predicted molar refractivity (Wildman–Crippen MR) is 116 cm³/mol. The van der Waals surface area contributed by atoms with Gasteiger partial charge in [0.2, 0.25) is 0 Å². The van der Waals surface area contributed by atoms with Gasteiger partial charge >= 0.3 is 0 Å². The Morgan fingerprint density at radius 1 is 0.931 bits per heavy atom. The van der Waals surface area contributed by atoms with Crippen molar-refractivity contribution in [2.75, 3.05) is 36.9 Å². The van der Waals surface area contributed by atoms with Crippen LogP contribution in [-0.2, 0) is 11.2 Å². The zero-order chi connectivity index (χ0) is 19.6. The van der Waals surface area contributed by atoms with Gasteiger partial charge in [0.25, 0.3) is 0 Å². The summed E-state index contributed by atoms with van der Waals surface area (Å²) in [5.74, 6) is 0.718. The number of benzene rings is 3. The molecule has 5 heteroatoms. The van der Waals surface area contributed by atoms with E-state index in [9.17, 15) is 0 Å². The Hall–Kier alpha value is -3.31. The van der Waals surface area contributed by atoms with Crippen molar-refractivity contribution in [1.82, 2.24) is 4.98 Å². The quantitative estimate of drug-likeness (QED) is 0.524. The zero-order valence-corrected chi connectivity index (χ0v) is 16.2. The molecule has 2 heterocycles. The van der Waals surface area contributed by atoms with Crippen LogP contribution in [0.1, 0.15) is 11.5 Å². The smallest absolute Gasteiger partial charge is 0.199 e. The fraction of sp³-hybridized carbons (Fsp3) is 0.208. The summed E-state index contributed by atoms with van der Waals surface area (Å²) in [6.07, 6.45) is 0.661. The minimum Gasteiger partial charge on any atom is -0.440 e. The lowest BCUT2D eigenvalue weighted by Crippen LogP contribution is -2.36. The highest BCUT2D eigenvalue weighted by Gasteiger charge is 2.14. The van der Waals surface area contributed by atoms with Gasteiger partial charge in [-0.25, -0.2) is 4.98 Å². The van der Waals surface area contributed by atoms with Crippen LogP contribution in [-0.4, -0.2) is 31.3 Å². The second-order valence-corrected chi connectivity index (χ2v) is 7.33. The molecule has 1 saturated heterocycles. The first-order valence-corrected chi connectivity index (χ1v) is 9.92. The van der Waals surface area contributed by atoms with E-state index < -0.39 is 0 Å². The lowest BCUT2D eigenvalue weighted by molar-refractivity contribution is 0.122. The predicted octanol–water partition coefficient (Wildman–Crippen LogP) is 4.50. The van der Waals surface area contributed by atoms with Gasteiger partial charge in [-0.15, -0.1) is 0 Å². The van der Waals surface area contributed by atoms with Crippen molar-refractivity contribution in [1.29, 1.82) is 0 Å². The summed E-state index contributed by atoms with van der Waals surface area (Å²) in [5.41, 5.74) is 12.8. The summed E-state index contributed by atoms with van der Waals surface area (Å²) in [6, 6.07) is 22.5. The van der Waals surface area contributed by atoms with Crippen molar-refractivity contribution in [3.63, 3.8) is 0 Å². The third kappa shape index (κ3) is 3.69. The molecule has 0 saturated carbocycles. The van der Waals surface area contributed by atoms with E-state index >= 15 is 0 Å². The number of oxazole rings is 1.